The highest BCUT2D eigenvalue weighted by atomic mass is 16.5. The van der Waals surface area contributed by atoms with E-state index in [2.05, 4.69) is 0 Å². The molecule has 0 aliphatic rings. The first-order valence-corrected chi connectivity index (χ1v) is 5.08. The zero-order valence-electron chi connectivity index (χ0n) is 9.67. The fourth-order valence-corrected chi connectivity index (χ4v) is 1.05. The first-order valence-electron chi connectivity index (χ1n) is 5.08. The highest BCUT2D eigenvalue weighted by Crippen LogP contribution is 2.17. The zero-order valence-corrected chi connectivity index (χ0v) is 9.67. The molecule has 7 heteroatoms. The molecule has 0 bridgehead atoms. The SMILES string of the molecule is CCC(C)OC(=O)CC(O)(CC(=O)O)C(=O)O. The molecule has 2 unspecified atom stereocenters. The van der Waals surface area contributed by atoms with E-state index in [1.165, 1.54) is 0 Å². The molecule has 0 fully saturated rings. The first-order chi connectivity index (χ1) is 7.71. The minimum atomic E-state index is -2.63. The van der Waals surface area contributed by atoms with Crippen LogP contribution in [0.25, 0.3) is 0 Å². The molecule has 7 nitrogen and oxygen atoms in total. The molecule has 0 saturated heterocycles. The molecule has 3 N–H and O–H groups in total. The van der Waals surface area contributed by atoms with Crippen molar-refractivity contribution in [1.82, 2.24) is 0 Å². The van der Waals surface area contributed by atoms with Crippen LogP contribution < -0.4 is 0 Å². The van der Waals surface area contributed by atoms with Crippen LogP contribution in [0.5, 0.6) is 0 Å². The number of aliphatic carboxylic acids is 2. The van der Waals surface area contributed by atoms with Crippen LogP contribution in [-0.2, 0) is 19.1 Å². The summed E-state index contributed by atoms with van der Waals surface area (Å²) in [7, 11) is 0. The molecule has 2 atom stereocenters. The Morgan fingerprint density at radius 1 is 1.24 bits per heavy atom. The standard InChI is InChI=1S/C10H16O7/c1-3-6(2)17-8(13)5-10(16,9(14)15)4-7(11)12/h6,16H,3-5H2,1-2H3,(H,11,12)(H,14,15). The van der Waals surface area contributed by atoms with Crippen molar-refractivity contribution in [2.24, 2.45) is 0 Å². The van der Waals surface area contributed by atoms with Gasteiger partial charge in [0.15, 0.2) is 5.60 Å². The van der Waals surface area contributed by atoms with E-state index in [1.807, 2.05) is 0 Å². The number of rotatable bonds is 7. The van der Waals surface area contributed by atoms with Crippen molar-refractivity contribution >= 4 is 17.9 Å². The van der Waals surface area contributed by atoms with Crippen LogP contribution in [0.4, 0.5) is 0 Å². The Morgan fingerprint density at radius 2 is 1.76 bits per heavy atom. The number of carboxylic acid groups (broad SMARTS) is 2. The first kappa shape index (κ1) is 15.4. The monoisotopic (exact) mass is 248 g/mol. The Hall–Kier alpha value is -1.63. The second kappa shape index (κ2) is 6.19. The minimum absolute atomic E-state index is 0.412. The van der Waals surface area contributed by atoms with Gasteiger partial charge in [0.1, 0.15) is 0 Å². The van der Waals surface area contributed by atoms with E-state index in [0.29, 0.717) is 6.42 Å². The van der Waals surface area contributed by atoms with Crippen molar-refractivity contribution < 1.29 is 34.4 Å². The van der Waals surface area contributed by atoms with Crippen molar-refractivity contribution in [3.8, 4) is 0 Å². The highest BCUT2D eigenvalue weighted by Gasteiger charge is 2.41. The van der Waals surface area contributed by atoms with Gasteiger partial charge in [0.2, 0.25) is 0 Å². The lowest BCUT2D eigenvalue weighted by Gasteiger charge is -2.21. The molecule has 0 amide bonds. The molecule has 0 aromatic carbocycles. The molecule has 0 rings (SSSR count). The van der Waals surface area contributed by atoms with Gasteiger partial charge >= 0.3 is 17.9 Å². The lowest BCUT2D eigenvalue weighted by molar-refractivity contribution is -0.173. The van der Waals surface area contributed by atoms with Crippen LogP contribution in [-0.4, -0.2) is 44.9 Å². The number of ether oxygens (including phenoxy) is 1. The number of carbonyl (C=O) groups is 3. The fraction of sp³-hybridized carbons (Fsp3) is 0.700. The van der Waals surface area contributed by atoms with Gasteiger partial charge in [-0.25, -0.2) is 4.79 Å². The maximum atomic E-state index is 11.3. The number of aliphatic hydroxyl groups is 1. The second-order valence-electron chi connectivity index (χ2n) is 3.79. The van der Waals surface area contributed by atoms with Gasteiger partial charge < -0.3 is 20.1 Å². The third-order valence-corrected chi connectivity index (χ3v) is 2.19. The van der Waals surface area contributed by atoms with Gasteiger partial charge in [-0.05, 0) is 13.3 Å². The molecule has 98 valence electrons. The molecule has 0 aliphatic heterocycles. The fourth-order valence-electron chi connectivity index (χ4n) is 1.05. The van der Waals surface area contributed by atoms with Crippen LogP contribution in [0, 0.1) is 0 Å². The van der Waals surface area contributed by atoms with Crippen LogP contribution >= 0.6 is 0 Å². The second-order valence-corrected chi connectivity index (χ2v) is 3.79. The lowest BCUT2D eigenvalue weighted by atomic mass is 9.96. The highest BCUT2D eigenvalue weighted by molar-refractivity contribution is 5.88. The molecule has 0 heterocycles. The quantitative estimate of drug-likeness (QED) is 0.542. The van der Waals surface area contributed by atoms with Crippen molar-refractivity contribution in [1.29, 1.82) is 0 Å². The van der Waals surface area contributed by atoms with E-state index >= 15 is 0 Å². The summed E-state index contributed by atoms with van der Waals surface area (Å²) >= 11 is 0. The molecular formula is C10H16O7. The number of esters is 1. The van der Waals surface area contributed by atoms with Crippen LogP contribution in [0.3, 0.4) is 0 Å². The van der Waals surface area contributed by atoms with Crippen molar-refractivity contribution in [3.05, 3.63) is 0 Å². The van der Waals surface area contributed by atoms with Gasteiger partial charge in [-0.1, -0.05) is 6.92 Å². The number of carboxylic acids is 2. The zero-order chi connectivity index (χ0) is 13.6. The van der Waals surface area contributed by atoms with Gasteiger partial charge in [0.25, 0.3) is 0 Å². The molecule has 0 radical (unpaired) electrons. The van der Waals surface area contributed by atoms with Crippen LogP contribution in [0.2, 0.25) is 0 Å². The van der Waals surface area contributed by atoms with Gasteiger partial charge in [-0.15, -0.1) is 0 Å². The van der Waals surface area contributed by atoms with Crippen molar-refractivity contribution in [3.63, 3.8) is 0 Å². The average Bonchev–Trinajstić information content (AvgIpc) is 2.15. The van der Waals surface area contributed by atoms with Gasteiger partial charge in [-0.2, -0.15) is 0 Å². The Morgan fingerprint density at radius 3 is 2.12 bits per heavy atom. The van der Waals surface area contributed by atoms with Crippen LogP contribution in [0.15, 0.2) is 0 Å². The van der Waals surface area contributed by atoms with E-state index in [1.54, 1.807) is 13.8 Å². The lowest BCUT2D eigenvalue weighted by Crippen LogP contribution is -2.43. The third kappa shape index (κ3) is 5.30. The molecule has 0 spiro atoms. The Kier molecular flexibility index (Phi) is 5.60. The Bertz CT molecular complexity index is 312. The number of hydrogen-bond acceptors (Lipinski definition) is 5. The smallest absolute Gasteiger partial charge is 0.336 e. The molecular weight excluding hydrogens is 232 g/mol. The maximum absolute atomic E-state index is 11.3. The van der Waals surface area contributed by atoms with Crippen molar-refractivity contribution in [2.45, 2.75) is 44.8 Å². The average molecular weight is 248 g/mol. The number of hydrogen-bond donors (Lipinski definition) is 3. The Balaban J connectivity index is 4.60. The van der Waals surface area contributed by atoms with E-state index in [0.717, 1.165) is 0 Å². The summed E-state index contributed by atoms with van der Waals surface area (Å²) < 4.78 is 4.77. The summed E-state index contributed by atoms with van der Waals surface area (Å²) in [5.41, 5.74) is -2.63. The maximum Gasteiger partial charge on any atom is 0.336 e. The minimum Gasteiger partial charge on any atom is -0.481 e. The summed E-state index contributed by atoms with van der Waals surface area (Å²) in [4.78, 5) is 32.4. The van der Waals surface area contributed by atoms with E-state index in [9.17, 15) is 19.5 Å². The summed E-state index contributed by atoms with van der Waals surface area (Å²) in [5, 5.41) is 26.7. The van der Waals surface area contributed by atoms with Crippen molar-refractivity contribution in [2.75, 3.05) is 0 Å². The topological polar surface area (TPSA) is 121 Å². The summed E-state index contributed by atoms with van der Waals surface area (Å²) in [6, 6.07) is 0. The van der Waals surface area contributed by atoms with Gasteiger partial charge in [0.05, 0.1) is 18.9 Å². The molecule has 0 aromatic heterocycles. The van der Waals surface area contributed by atoms with Crippen LogP contribution in [0.1, 0.15) is 33.1 Å². The predicted octanol–water partition coefficient (Wildman–Crippen LogP) is 0.00860. The normalized spacial score (nSPS) is 15.7. The summed E-state index contributed by atoms with van der Waals surface area (Å²) in [5.74, 6) is -4.21. The number of carbonyl (C=O) groups excluding carboxylic acids is 1. The van der Waals surface area contributed by atoms with Gasteiger partial charge in [-0.3, -0.25) is 9.59 Å². The van der Waals surface area contributed by atoms with E-state index in [-0.39, 0.29) is 0 Å². The van der Waals surface area contributed by atoms with E-state index < -0.39 is 42.5 Å². The molecule has 0 aromatic rings. The van der Waals surface area contributed by atoms with Gasteiger partial charge in [0, 0.05) is 0 Å². The third-order valence-electron chi connectivity index (χ3n) is 2.19. The molecule has 0 saturated carbocycles. The Labute approximate surface area is 98.0 Å². The molecule has 0 aliphatic carbocycles. The largest absolute Gasteiger partial charge is 0.481 e. The predicted molar refractivity (Wildman–Crippen MR) is 55.3 cm³/mol. The summed E-state index contributed by atoms with van der Waals surface area (Å²) in [6.07, 6.45) is -1.82. The summed E-state index contributed by atoms with van der Waals surface area (Å²) in [6.45, 7) is 3.37. The van der Waals surface area contributed by atoms with E-state index in [4.69, 9.17) is 14.9 Å². The molecule has 17 heavy (non-hydrogen) atoms.